The van der Waals surface area contributed by atoms with Crippen molar-refractivity contribution in [2.75, 3.05) is 6.54 Å². The largest absolute Gasteiger partial charge is 0.336 e. The summed E-state index contributed by atoms with van der Waals surface area (Å²) >= 11 is 0. The van der Waals surface area contributed by atoms with E-state index >= 15 is 0 Å². The molecular weight excluding hydrogens is 288 g/mol. The minimum atomic E-state index is 0.172. The van der Waals surface area contributed by atoms with Crippen LogP contribution >= 0.6 is 0 Å². The number of rotatable bonds is 4. The first-order valence-electron chi connectivity index (χ1n) is 8.35. The molecule has 1 fully saturated rings. The Morgan fingerprint density at radius 3 is 2.91 bits per heavy atom. The van der Waals surface area contributed by atoms with Gasteiger partial charge in [-0.15, -0.1) is 0 Å². The molecule has 2 aromatic rings. The average Bonchev–Trinajstić information content (AvgIpc) is 2.91. The molecule has 3 heterocycles. The molecule has 0 bridgehead atoms. The first-order valence-corrected chi connectivity index (χ1v) is 8.35. The van der Waals surface area contributed by atoms with Crippen molar-refractivity contribution in [3.05, 3.63) is 47.5 Å². The van der Waals surface area contributed by atoms with E-state index in [0.717, 1.165) is 36.3 Å². The fourth-order valence-corrected chi connectivity index (χ4v) is 3.40. The summed E-state index contributed by atoms with van der Waals surface area (Å²) < 4.78 is 1.93. The lowest BCUT2D eigenvalue weighted by molar-refractivity contribution is -0.135. The number of aromatic nitrogens is 3. The van der Waals surface area contributed by atoms with Crippen molar-refractivity contribution in [3.63, 3.8) is 0 Å². The molecule has 1 saturated heterocycles. The fraction of sp³-hybridized carbons (Fsp3) is 0.500. The van der Waals surface area contributed by atoms with Gasteiger partial charge in [0.05, 0.1) is 11.7 Å². The molecule has 0 N–H and O–H groups in total. The monoisotopic (exact) mass is 312 g/mol. The van der Waals surface area contributed by atoms with Gasteiger partial charge in [0.25, 0.3) is 0 Å². The van der Waals surface area contributed by atoms with Gasteiger partial charge in [-0.05, 0) is 50.8 Å². The van der Waals surface area contributed by atoms with Gasteiger partial charge in [-0.2, -0.15) is 5.10 Å². The zero-order chi connectivity index (χ0) is 16.2. The van der Waals surface area contributed by atoms with Gasteiger partial charge >= 0.3 is 0 Å². The summed E-state index contributed by atoms with van der Waals surface area (Å²) in [7, 11) is 0. The van der Waals surface area contributed by atoms with Gasteiger partial charge in [-0.25, -0.2) is 0 Å². The van der Waals surface area contributed by atoms with E-state index in [-0.39, 0.29) is 11.9 Å². The van der Waals surface area contributed by atoms with Crippen molar-refractivity contribution in [1.82, 2.24) is 19.7 Å². The van der Waals surface area contributed by atoms with E-state index in [0.29, 0.717) is 13.0 Å². The van der Waals surface area contributed by atoms with Crippen molar-refractivity contribution in [1.29, 1.82) is 0 Å². The number of pyridine rings is 1. The number of carbonyl (C=O) groups excluding carboxylic acids is 1. The van der Waals surface area contributed by atoms with E-state index in [9.17, 15) is 4.79 Å². The Morgan fingerprint density at radius 2 is 2.22 bits per heavy atom. The first kappa shape index (κ1) is 15.7. The van der Waals surface area contributed by atoms with Crippen LogP contribution in [0.4, 0.5) is 0 Å². The van der Waals surface area contributed by atoms with Gasteiger partial charge in [0.1, 0.15) is 0 Å². The van der Waals surface area contributed by atoms with Gasteiger partial charge < -0.3 is 4.90 Å². The zero-order valence-electron chi connectivity index (χ0n) is 13.9. The fourth-order valence-electron chi connectivity index (χ4n) is 3.40. The first-order chi connectivity index (χ1) is 11.1. The normalized spacial score (nSPS) is 18.2. The summed E-state index contributed by atoms with van der Waals surface area (Å²) in [5.41, 5.74) is 3.26. The molecule has 1 aliphatic rings. The van der Waals surface area contributed by atoms with Crippen molar-refractivity contribution >= 4 is 5.91 Å². The van der Waals surface area contributed by atoms with Gasteiger partial charge in [-0.3, -0.25) is 14.5 Å². The molecular formula is C18H24N4O. The summed E-state index contributed by atoms with van der Waals surface area (Å²) in [4.78, 5) is 19.0. The third kappa shape index (κ3) is 3.60. The number of hydrogen-bond acceptors (Lipinski definition) is 3. The summed E-state index contributed by atoms with van der Waals surface area (Å²) in [6.45, 7) is 5.50. The molecule has 1 aliphatic heterocycles. The lowest BCUT2D eigenvalue weighted by atomic mass is 9.96. The van der Waals surface area contributed by atoms with Crippen LogP contribution in [0.25, 0.3) is 0 Å². The molecule has 0 unspecified atom stereocenters. The highest BCUT2D eigenvalue weighted by atomic mass is 16.2. The molecule has 2 aromatic heterocycles. The number of aryl methyl sites for hydroxylation is 3. The highest BCUT2D eigenvalue weighted by Crippen LogP contribution is 2.30. The van der Waals surface area contributed by atoms with Gasteiger partial charge in [0, 0.05) is 37.6 Å². The lowest BCUT2D eigenvalue weighted by Crippen LogP contribution is -2.39. The van der Waals surface area contributed by atoms with E-state index < -0.39 is 0 Å². The number of hydrogen-bond donors (Lipinski definition) is 0. The maximum atomic E-state index is 12.7. The van der Waals surface area contributed by atoms with Crippen LogP contribution in [0.15, 0.2) is 30.6 Å². The van der Waals surface area contributed by atoms with Gasteiger partial charge in [0.2, 0.25) is 5.91 Å². The van der Waals surface area contributed by atoms with Crippen molar-refractivity contribution in [2.45, 2.75) is 52.1 Å². The molecule has 23 heavy (non-hydrogen) atoms. The van der Waals surface area contributed by atoms with E-state index in [1.54, 1.807) is 6.20 Å². The average molecular weight is 312 g/mol. The van der Waals surface area contributed by atoms with Gasteiger partial charge in [-0.1, -0.05) is 6.07 Å². The minimum absolute atomic E-state index is 0.172. The summed E-state index contributed by atoms with van der Waals surface area (Å²) in [6.07, 6.45) is 7.44. The zero-order valence-corrected chi connectivity index (χ0v) is 13.9. The topological polar surface area (TPSA) is 51.0 Å². The van der Waals surface area contributed by atoms with Crippen LogP contribution in [-0.2, 0) is 11.3 Å². The number of piperidine rings is 1. The quantitative estimate of drug-likeness (QED) is 0.872. The second-order valence-corrected chi connectivity index (χ2v) is 6.29. The molecule has 0 radical (unpaired) electrons. The molecule has 3 rings (SSSR count). The smallest absolute Gasteiger partial charge is 0.224 e. The van der Waals surface area contributed by atoms with Crippen LogP contribution in [0.5, 0.6) is 0 Å². The number of carbonyl (C=O) groups is 1. The van der Waals surface area contributed by atoms with Crippen molar-refractivity contribution < 1.29 is 4.79 Å². The SMILES string of the molecule is Cc1cc(C)n(CCC(=O)N2CCCC[C@H]2c2cccnc2)n1. The number of nitrogens with zero attached hydrogens (tertiary/aromatic N) is 4. The summed E-state index contributed by atoms with van der Waals surface area (Å²) in [6, 6.07) is 6.24. The maximum absolute atomic E-state index is 12.7. The molecule has 0 spiro atoms. The second-order valence-electron chi connectivity index (χ2n) is 6.29. The Morgan fingerprint density at radius 1 is 1.35 bits per heavy atom. The maximum Gasteiger partial charge on any atom is 0.224 e. The van der Waals surface area contributed by atoms with Crippen molar-refractivity contribution in [3.8, 4) is 0 Å². The van der Waals surface area contributed by atoms with Gasteiger partial charge in [0.15, 0.2) is 0 Å². The number of amides is 1. The molecule has 1 amide bonds. The minimum Gasteiger partial charge on any atom is -0.336 e. The highest BCUT2D eigenvalue weighted by Gasteiger charge is 2.27. The Kier molecular flexibility index (Phi) is 4.74. The van der Waals surface area contributed by atoms with Crippen molar-refractivity contribution in [2.24, 2.45) is 0 Å². The van der Waals surface area contributed by atoms with Crippen LogP contribution < -0.4 is 0 Å². The van der Waals surface area contributed by atoms with Crippen LogP contribution in [0.2, 0.25) is 0 Å². The molecule has 0 aliphatic carbocycles. The molecule has 0 aromatic carbocycles. The van der Waals surface area contributed by atoms with E-state index in [1.165, 1.54) is 6.42 Å². The van der Waals surface area contributed by atoms with E-state index in [1.807, 2.05) is 41.8 Å². The highest BCUT2D eigenvalue weighted by molar-refractivity contribution is 5.76. The Hall–Kier alpha value is -2.17. The molecule has 122 valence electrons. The standard InChI is InChI=1S/C18H24N4O/c1-14-12-15(2)22(20-14)11-8-18(23)21-10-4-3-7-17(21)16-6-5-9-19-13-16/h5-6,9,12-13,17H,3-4,7-8,10-11H2,1-2H3/t17-/m0/s1. The molecule has 1 atom stereocenters. The summed E-state index contributed by atoms with van der Waals surface area (Å²) in [5, 5.41) is 4.44. The third-order valence-electron chi connectivity index (χ3n) is 4.53. The predicted molar refractivity (Wildman–Crippen MR) is 88.9 cm³/mol. The third-order valence-corrected chi connectivity index (χ3v) is 4.53. The van der Waals surface area contributed by atoms with E-state index in [4.69, 9.17) is 0 Å². The molecule has 5 nitrogen and oxygen atoms in total. The Balaban J connectivity index is 1.68. The lowest BCUT2D eigenvalue weighted by Gasteiger charge is -2.36. The number of likely N-dealkylation sites (tertiary alicyclic amines) is 1. The Bertz CT molecular complexity index is 665. The predicted octanol–water partition coefficient (Wildman–Crippen LogP) is 3.04. The van der Waals surface area contributed by atoms with Crippen LogP contribution in [0, 0.1) is 13.8 Å². The van der Waals surface area contributed by atoms with E-state index in [2.05, 4.69) is 16.1 Å². The second kappa shape index (κ2) is 6.94. The van der Waals surface area contributed by atoms with Crippen LogP contribution in [0.3, 0.4) is 0 Å². The molecule has 0 saturated carbocycles. The van der Waals surface area contributed by atoms with Crippen LogP contribution in [-0.4, -0.2) is 32.1 Å². The van der Waals surface area contributed by atoms with Crippen LogP contribution in [0.1, 0.15) is 48.7 Å². The Labute approximate surface area is 137 Å². The molecule has 5 heteroatoms. The summed E-state index contributed by atoms with van der Waals surface area (Å²) in [5.74, 6) is 0.214.